The van der Waals surface area contributed by atoms with Crippen LogP contribution in [0.4, 0.5) is 5.69 Å². The number of nitrogens with one attached hydrogen (secondary N) is 1. The number of aromatic amines is 1. The van der Waals surface area contributed by atoms with Crippen molar-refractivity contribution in [1.29, 1.82) is 0 Å². The molecule has 1 atom stereocenters. The molecular formula is C31H39N7O. The molecule has 8 nitrogen and oxygen atoms in total. The number of hydrogen-bond donors (Lipinski definition) is 1. The van der Waals surface area contributed by atoms with E-state index in [-0.39, 0.29) is 17.6 Å². The highest BCUT2D eigenvalue weighted by atomic mass is 16.1. The van der Waals surface area contributed by atoms with Crippen LogP contribution in [0.1, 0.15) is 79.2 Å². The number of tetrazole rings is 1. The molecule has 2 aromatic heterocycles. The maximum absolute atomic E-state index is 13.7. The molecule has 0 amide bonds. The number of piperazine rings is 1. The number of aryl methyl sites for hydroxylation is 2. The first-order valence-electron chi connectivity index (χ1n) is 14.5. The van der Waals surface area contributed by atoms with E-state index in [9.17, 15) is 4.79 Å². The van der Waals surface area contributed by atoms with E-state index in [0.717, 1.165) is 67.7 Å². The summed E-state index contributed by atoms with van der Waals surface area (Å²) in [5.74, 6) is 0.790. The second kappa shape index (κ2) is 10.9. The van der Waals surface area contributed by atoms with E-state index < -0.39 is 0 Å². The lowest BCUT2D eigenvalue weighted by Gasteiger charge is -2.40. The SMILES string of the molecule is CCc1ccc2[nH]c(=O)c([C@H](c3nnnn3C3CCCCC3)N3CCN(c4cccc(C)c4C)CC3)cc2c1. The van der Waals surface area contributed by atoms with Crippen molar-refractivity contribution in [2.45, 2.75) is 71.4 Å². The molecule has 0 radical (unpaired) electrons. The summed E-state index contributed by atoms with van der Waals surface area (Å²) in [5, 5.41) is 14.3. The minimum atomic E-state index is -0.305. The van der Waals surface area contributed by atoms with Gasteiger partial charge in [-0.15, -0.1) is 5.10 Å². The Hall–Kier alpha value is -3.52. The van der Waals surface area contributed by atoms with E-state index in [4.69, 9.17) is 0 Å². The third-order valence-corrected chi connectivity index (χ3v) is 8.92. The maximum Gasteiger partial charge on any atom is 0.253 e. The molecule has 1 N–H and O–H groups in total. The first-order valence-corrected chi connectivity index (χ1v) is 14.5. The zero-order valence-corrected chi connectivity index (χ0v) is 23.4. The maximum atomic E-state index is 13.7. The van der Waals surface area contributed by atoms with E-state index in [0.29, 0.717) is 0 Å². The standard InChI is InChI=1S/C31H39N7O/c1-4-23-13-14-27-24(19-23)20-26(31(39)32-27)29(30-33-34-35-38(30)25-10-6-5-7-11-25)37-17-15-36(16-18-37)28-12-8-9-21(2)22(28)3/h8-9,12-14,19-20,25,29H,4-7,10-11,15-18H2,1-3H3,(H,32,39)/t29-/m1/s1. The molecule has 8 heteroatoms. The van der Waals surface area contributed by atoms with Crippen LogP contribution in [-0.2, 0) is 6.42 Å². The molecule has 1 saturated heterocycles. The van der Waals surface area contributed by atoms with Crippen molar-refractivity contribution in [3.05, 3.63) is 80.9 Å². The average molecular weight is 526 g/mol. The Morgan fingerprint density at radius 2 is 1.79 bits per heavy atom. The zero-order chi connectivity index (χ0) is 26.9. The summed E-state index contributed by atoms with van der Waals surface area (Å²) < 4.78 is 2.03. The van der Waals surface area contributed by atoms with Crippen LogP contribution in [0, 0.1) is 13.8 Å². The molecule has 1 aliphatic carbocycles. The minimum absolute atomic E-state index is 0.0631. The quantitative estimate of drug-likeness (QED) is 0.377. The summed E-state index contributed by atoms with van der Waals surface area (Å²) in [6.07, 6.45) is 6.77. The van der Waals surface area contributed by atoms with E-state index in [2.05, 4.69) is 87.5 Å². The molecule has 0 bridgehead atoms. The Kier molecular flexibility index (Phi) is 7.21. The molecule has 2 aromatic carbocycles. The number of nitrogens with zero attached hydrogens (tertiary/aromatic N) is 6. The van der Waals surface area contributed by atoms with Gasteiger partial charge in [0, 0.05) is 42.9 Å². The molecule has 1 aliphatic heterocycles. The van der Waals surface area contributed by atoms with Gasteiger partial charge in [0.05, 0.1) is 6.04 Å². The number of anilines is 1. The van der Waals surface area contributed by atoms with Crippen molar-refractivity contribution < 1.29 is 0 Å². The van der Waals surface area contributed by atoms with Gasteiger partial charge in [-0.3, -0.25) is 9.69 Å². The lowest BCUT2D eigenvalue weighted by atomic mass is 9.95. The van der Waals surface area contributed by atoms with Gasteiger partial charge in [0.25, 0.3) is 5.56 Å². The fourth-order valence-electron chi connectivity index (χ4n) is 6.46. The van der Waals surface area contributed by atoms with E-state index in [1.54, 1.807) is 0 Å². The Labute approximate surface area is 230 Å². The molecule has 4 aromatic rings. The third kappa shape index (κ3) is 4.98. The number of pyridine rings is 1. The highest BCUT2D eigenvalue weighted by Crippen LogP contribution is 2.34. The number of hydrogen-bond acceptors (Lipinski definition) is 6. The molecule has 6 rings (SSSR count). The number of benzene rings is 2. The first kappa shape index (κ1) is 25.7. The van der Waals surface area contributed by atoms with Gasteiger partial charge >= 0.3 is 0 Å². The highest BCUT2D eigenvalue weighted by molar-refractivity contribution is 5.80. The van der Waals surface area contributed by atoms with Crippen LogP contribution in [-0.4, -0.2) is 56.3 Å². The largest absolute Gasteiger partial charge is 0.369 e. The van der Waals surface area contributed by atoms with Crippen LogP contribution in [0.5, 0.6) is 0 Å². The Morgan fingerprint density at radius 3 is 2.56 bits per heavy atom. The molecule has 1 saturated carbocycles. The van der Waals surface area contributed by atoms with E-state index in [1.165, 1.54) is 41.6 Å². The van der Waals surface area contributed by atoms with Crippen molar-refractivity contribution in [2.75, 3.05) is 31.1 Å². The van der Waals surface area contributed by atoms with Gasteiger partial charge in [0.15, 0.2) is 5.82 Å². The van der Waals surface area contributed by atoms with Gasteiger partial charge in [-0.1, -0.05) is 44.4 Å². The van der Waals surface area contributed by atoms with Gasteiger partial charge in [-0.25, -0.2) is 4.68 Å². The fraction of sp³-hybridized carbons (Fsp3) is 0.484. The Morgan fingerprint density at radius 1 is 1.00 bits per heavy atom. The molecular weight excluding hydrogens is 486 g/mol. The summed E-state index contributed by atoms with van der Waals surface area (Å²) >= 11 is 0. The van der Waals surface area contributed by atoms with Crippen LogP contribution in [0.25, 0.3) is 10.9 Å². The normalized spacial score (nSPS) is 18.1. The fourth-order valence-corrected chi connectivity index (χ4v) is 6.46. The van der Waals surface area contributed by atoms with Gasteiger partial charge in [-0.05, 0) is 89.9 Å². The molecule has 2 fully saturated rings. The van der Waals surface area contributed by atoms with Crippen molar-refractivity contribution in [1.82, 2.24) is 30.1 Å². The summed E-state index contributed by atoms with van der Waals surface area (Å²) in [4.78, 5) is 21.7. The summed E-state index contributed by atoms with van der Waals surface area (Å²) in [7, 11) is 0. The second-order valence-electron chi connectivity index (χ2n) is 11.2. The number of rotatable bonds is 6. The van der Waals surface area contributed by atoms with Crippen molar-refractivity contribution in [3.8, 4) is 0 Å². The highest BCUT2D eigenvalue weighted by Gasteiger charge is 2.34. The molecule has 3 heterocycles. The van der Waals surface area contributed by atoms with Crippen molar-refractivity contribution in [3.63, 3.8) is 0 Å². The minimum Gasteiger partial charge on any atom is -0.369 e. The predicted molar refractivity (Wildman–Crippen MR) is 155 cm³/mol. The lowest BCUT2D eigenvalue weighted by molar-refractivity contribution is 0.192. The third-order valence-electron chi connectivity index (χ3n) is 8.92. The Bertz CT molecular complexity index is 1510. The smallest absolute Gasteiger partial charge is 0.253 e. The molecule has 2 aliphatic rings. The van der Waals surface area contributed by atoms with Crippen LogP contribution in [0.3, 0.4) is 0 Å². The van der Waals surface area contributed by atoms with E-state index >= 15 is 0 Å². The van der Waals surface area contributed by atoms with Crippen LogP contribution < -0.4 is 10.5 Å². The summed E-state index contributed by atoms with van der Waals surface area (Å²) in [6.45, 7) is 9.95. The zero-order valence-electron chi connectivity index (χ0n) is 23.4. The van der Waals surface area contributed by atoms with Crippen LogP contribution in [0.2, 0.25) is 0 Å². The topological polar surface area (TPSA) is 82.9 Å². The van der Waals surface area contributed by atoms with Gasteiger partial charge in [0.2, 0.25) is 0 Å². The van der Waals surface area contributed by atoms with Crippen molar-refractivity contribution in [2.24, 2.45) is 0 Å². The number of H-pyrrole nitrogens is 1. The molecule has 39 heavy (non-hydrogen) atoms. The predicted octanol–water partition coefficient (Wildman–Crippen LogP) is 5.11. The van der Waals surface area contributed by atoms with Gasteiger partial charge in [-0.2, -0.15) is 0 Å². The monoisotopic (exact) mass is 525 g/mol. The molecule has 204 valence electrons. The van der Waals surface area contributed by atoms with Crippen LogP contribution in [0.15, 0.2) is 47.3 Å². The van der Waals surface area contributed by atoms with E-state index in [1.807, 2.05) is 10.7 Å². The van der Waals surface area contributed by atoms with Gasteiger partial charge < -0.3 is 9.88 Å². The second-order valence-corrected chi connectivity index (χ2v) is 11.2. The average Bonchev–Trinajstić information content (AvgIpc) is 3.45. The summed E-state index contributed by atoms with van der Waals surface area (Å²) in [5.41, 5.74) is 6.73. The number of fused-ring (bicyclic) bond motifs is 1. The van der Waals surface area contributed by atoms with Crippen molar-refractivity contribution >= 4 is 16.6 Å². The number of aromatic nitrogens is 5. The van der Waals surface area contributed by atoms with Crippen LogP contribution >= 0.6 is 0 Å². The molecule has 0 spiro atoms. The lowest BCUT2D eigenvalue weighted by Crippen LogP contribution is -2.49. The Balaban J connectivity index is 1.39. The first-order chi connectivity index (χ1) is 19.0. The van der Waals surface area contributed by atoms with Gasteiger partial charge in [0.1, 0.15) is 6.04 Å². The molecule has 0 unspecified atom stereocenters. The summed E-state index contributed by atoms with van der Waals surface area (Å²) in [6, 6.07) is 14.9.